The third-order valence-corrected chi connectivity index (χ3v) is 16.1. The van der Waals surface area contributed by atoms with Crippen molar-refractivity contribution in [2.24, 2.45) is 0 Å². The number of rotatable bonds is 3. The van der Waals surface area contributed by atoms with Gasteiger partial charge in [-0.3, -0.25) is 0 Å². The van der Waals surface area contributed by atoms with E-state index in [1.54, 1.807) is 6.07 Å². The van der Waals surface area contributed by atoms with Gasteiger partial charge in [0, 0.05) is 34.1 Å². The molecule has 0 bridgehead atoms. The first-order valence-electron chi connectivity index (χ1n) is 26.5. The predicted molar refractivity (Wildman–Crippen MR) is 316 cm³/mol. The van der Waals surface area contributed by atoms with Gasteiger partial charge in [-0.15, -0.1) is 0 Å². The van der Waals surface area contributed by atoms with Crippen LogP contribution in [0, 0.1) is 0 Å². The van der Waals surface area contributed by atoms with Crippen LogP contribution < -0.4 is 26.2 Å². The molecule has 0 aliphatic carbocycles. The summed E-state index contributed by atoms with van der Waals surface area (Å²) >= 11 is 0. The highest BCUT2D eigenvalue weighted by Gasteiger charge is 2.45. The van der Waals surface area contributed by atoms with E-state index in [1.807, 2.05) is 6.07 Å². The number of anilines is 6. The van der Waals surface area contributed by atoms with Crippen LogP contribution >= 0.6 is 0 Å². The molecule has 0 unspecified atom stereocenters. The van der Waals surface area contributed by atoms with Crippen molar-refractivity contribution >= 4 is 100 Å². The van der Waals surface area contributed by atoms with Crippen molar-refractivity contribution < 1.29 is 13.2 Å². The van der Waals surface area contributed by atoms with Gasteiger partial charge in [0.1, 0.15) is 0 Å². The van der Waals surface area contributed by atoms with E-state index in [2.05, 4.69) is 238 Å². The Balaban J connectivity index is 1.29. The van der Waals surface area contributed by atoms with Crippen LogP contribution in [0.1, 0.15) is 111 Å². The summed E-state index contributed by atoms with van der Waals surface area (Å²) in [6.45, 7) is 27.0. The van der Waals surface area contributed by atoms with Crippen molar-refractivity contribution in [1.29, 1.82) is 0 Å². The first kappa shape index (κ1) is 48.6. The van der Waals surface area contributed by atoms with Crippen molar-refractivity contribution in [3.63, 3.8) is 0 Å². The summed E-state index contributed by atoms with van der Waals surface area (Å²) in [5.41, 5.74) is 14.1. The summed E-state index contributed by atoms with van der Waals surface area (Å²) in [6, 6.07) is 60.3. The summed E-state index contributed by atoms with van der Waals surface area (Å²) < 4.78 is 44.6. The highest BCUT2D eigenvalue weighted by molar-refractivity contribution is 7.00. The number of hydrogen-bond donors (Lipinski definition) is 0. The van der Waals surface area contributed by atoms with Gasteiger partial charge in [-0.2, -0.15) is 13.2 Å². The van der Waals surface area contributed by atoms with E-state index in [4.69, 9.17) is 0 Å². The zero-order valence-corrected chi connectivity index (χ0v) is 45.3. The Morgan fingerprint density at radius 2 is 0.720 bits per heavy atom. The second kappa shape index (κ2) is 16.6. The minimum absolute atomic E-state index is 0.195. The van der Waals surface area contributed by atoms with Crippen molar-refractivity contribution in [3.05, 3.63) is 198 Å². The van der Waals surface area contributed by atoms with E-state index in [1.165, 1.54) is 56.1 Å². The van der Waals surface area contributed by atoms with Gasteiger partial charge in [-0.25, -0.2) is 0 Å². The van der Waals surface area contributed by atoms with Gasteiger partial charge in [-0.1, -0.05) is 192 Å². The maximum absolute atomic E-state index is 14.9. The molecule has 12 rings (SSSR count). The molecule has 0 saturated carbocycles. The van der Waals surface area contributed by atoms with Crippen LogP contribution in [-0.4, -0.2) is 6.71 Å². The van der Waals surface area contributed by atoms with E-state index >= 15 is 0 Å². The molecule has 6 heteroatoms. The van der Waals surface area contributed by atoms with Gasteiger partial charge in [0.05, 0.1) is 5.56 Å². The minimum Gasteiger partial charge on any atom is -0.311 e. The lowest BCUT2D eigenvalue weighted by molar-refractivity contribution is -0.137. The van der Waals surface area contributed by atoms with Gasteiger partial charge >= 0.3 is 6.18 Å². The molecular weight excluding hydrogens is 925 g/mol. The molecule has 0 amide bonds. The molecule has 2 aliphatic rings. The third-order valence-electron chi connectivity index (χ3n) is 16.1. The maximum atomic E-state index is 14.9. The highest BCUT2D eigenvalue weighted by atomic mass is 19.4. The highest BCUT2D eigenvalue weighted by Crippen LogP contribution is 2.50. The molecule has 0 saturated heterocycles. The molecule has 0 N–H and O–H groups in total. The first-order chi connectivity index (χ1) is 35.3. The minimum atomic E-state index is -4.53. The van der Waals surface area contributed by atoms with Crippen molar-refractivity contribution in [2.75, 3.05) is 9.80 Å². The number of halogens is 3. The van der Waals surface area contributed by atoms with Crippen molar-refractivity contribution in [2.45, 2.75) is 111 Å². The Bertz CT molecular complexity index is 3710. The molecule has 0 aromatic heterocycles. The monoisotopic (exact) mass is 989 g/mol. The summed E-state index contributed by atoms with van der Waals surface area (Å²) in [6.07, 6.45) is -4.53. The molecule has 2 nitrogen and oxygen atoms in total. The normalized spacial score (nSPS) is 14.0. The van der Waals surface area contributed by atoms with E-state index < -0.39 is 11.7 Å². The molecule has 0 fully saturated rings. The average molecular weight is 989 g/mol. The number of fused-ring (bicyclic) bond motifs is 10. The van der Waals surface area contributed by atoms with Gasteiger partial charge < -0.3 is 9.80 Å². The Morgan fingerprint density at radius 3 is 1.12 bits per heavy atom. The fraction of sp³-hybridized carbons (Fsp3) is 0.246. The molecule has 75 heavy (non-hydrogen) atoms. The van der Waals surface area contributed by atoms with Crippen LogP contribution in [0.2, 0.25) is 0 Å². The van der Waals surface area contributed by atoms with E-state index in [-0.39, 0.29) is 28.4 Å². The summed E-state index contributed by atoms with van der Waals surface area (Å²) in [5.74, 6) is 0. The number of hydrogen-bond acceptors (Lipinski definition) is 2. The SMILES string of the molecule is CC(C)(C)c1cc(N2c3cc4c(ccc5ccccc54)cc3B3c4cc5ccc6ccccc6c5cc4N(c4cc(C(C)(C)C)cc(C(C)(C)C)c4)c4cc(-c5cccc(C(F)(F)F)c5)cc2c43)cc(C(C)(C)C)c1. The Morgan fingerprint density at radius 1 is 0.320 bits per heavy atom. The average Bonchev–Trinajstić information content (AvgIpc) is 3.36. The molecule has 10 aromatic carbocycles. The van der Waals surface area contributed by atoms with Crippen molar-refractivity contribution in [3.8, 4) is 11.1 Å². The van der Waals surface area contributed by atoms with Crippen LogP contribution in [0.4, 0.5) is 47.3 Å². The Kier molecular flexibility index (Phi) is 10.8. The Hall–Kier alpha value is -7.31. The molecule has 0 atom stereocenters. The van der Waals surface area contributed by atoms with Gasteiger partial charge in [-0.05, 0) is 175 Å². The van der Waals surface area contributed by atoms with Gasteiger partial charge in [0.2, 0.25) is 0 Å². The first-order valence-corrected chi connectivity index (χ1v) is 26.5. The maximum Gasteiger partial charge on any atom is 0.416 e. The van der Waals surface area contributed by atoms with Crippen LogP contribution in [0.25, 0.3) is 54.2 Å². The lowest BCUT2D eigenvalue weighted by Crippen LogP contribution is -2.61. The molecular formula is C69H64BF3N2. The standard InChI is InChI=1S/C69H64BF3N2/c1-65(2,3)48-33-49(66(4,5)6)36-52(35-48)74-60-39-56-44(26-24-41-18-13-15-22-54(41)56)29-58(60)70-59-30-45-27-25-42-19-14-16-23-55(42)57(45)40-61(59)75(53-37-50(67(7,8)9)34-51(38-53)68(10,11)12)63-32-46(31-62(74)64(63)70)43-20-17-21-47(28-43)69(71,72)73/h13-40H,1-12H3. The van der Waals surface area contributed by atoms with E-state index in [9.17, 15) is 13.2 Å². The topological polar surface area (TPSA) is 6.48 Å². The zero-order chi connectivity index (χ0) is 52.9. The molecule has 10 aromatic rings. The largest absolute Gasteiger partial charge is 0.416 e. The van der Waals surface area contributed by atoms with Crippen LogP contribution in [0.15, 0.2) is 170 Å². The second-order valence-electron chi connectivity index (χ2n) is 25.5. The quantitative estimate of drug-likeness (QED) is 0.129. The fourth-order valence-corrected chi connectivity index (χ4v) is 11.8. The fourth-order valence-electron chi connectivity index (χ4n) is 11.8. The van der Waals surface area contributed by atoms with Crippen LogP contribution in [0.5, 0.6) is 0 Å². The van der Waals surface area contributed by atoms with Crippen LogP contribution in [0.3, 0.4) is 0 Å². The second-order valence-corrected chi connectivity index (χ2v) is 25.5. The lowest BCUT2D eigenvalue weighted by Gasteiger charge is -2.45. The summed E-state index contributed by atoms with van der Waals surface area (Å²) in [7, 11) is 0. The zero-order valence-electron chi connectivity index (χ0n) is 45.3. The Labute approximate surface area is 440 Å². The predicted octanol–water partition coefficient (Wildman–Crippen LogP) is 18.3. The number of nitrogens with zero attached hydrogens (tertiary/aromatic N) is 2. The smallest absolute Gasteiger partial charge is 0.311 e. The van der Waals surface area contributed by atoms with Crippen LogP contribution in [-0.2, 0) is 27.8 Å². The molecule has 2 aliphatic heterocycles. The lowest BCUT2D eigenvalue weighted by atomic mass is 9.33. The van der Waals surface area contributed by atoms with E-state index in [0.717, 1.165) is 71.9 Å². The molecule has 0 radical (unpaired) electrons. The molecule has 0 spiro atoms. The molecule has 374 valence electrons. The molecule has 2 heterocycles. The van der Waals surface area contributed by atoms with Gasteiger partial charge in [0.15, 0.2) is 0 Å². The summed E-state index contributed by atoms with van der Waals surface area (Å²) in [5, 5.41) is 9.26. The number of benzene rings is 10. The van der Waals surface area contributed by atoms with E-state index in [0.29, 0.717) is 11.1 Å². The van der Waals surface area contributed by atoms with Crippen molar-refractivity contribution in [1.82, 2.24) is 0 Å². The summed E-state index contributed by atoms with van der Waals surface area (Å²) in [4.78, 5) is 4.91. The number of alkyl halides is 3. The third kappa shape index (κ3) is 8.18. The van der Waals surface area contributed by atoms with Gasteiger partial charge in [0.25, 0.3) is 6.71 Å².